The molecule has 0 fully saturated rings. The van der Waals surface area contributed by atoms with Crippen LogP contribution in [-0.2, 0) is 4.79 Å². The molecule has 0 aliphatic rings. The summed E-state index contributed by atoms with van der Waals surface area (Å²) in [5, 5.41) is 22.3. The minimum atomic E-state index is -1.28. The van der Waals surface area contributed by atoms with E-state index in [0.29, 0.717) is 4.86 Å². The summed E-state index contributed by atoms with van der Waals surface area (Å²) in [6.07, 6.45) is 0. The molecule has 0 saturated heterocycles. The number of aliphatic carboxylic acids is 1. The van der Waals surface area contributed by atoms with Crippen molar-refractivity contribution in [1.82, 2.24) is 0 Å². The van der Waals surface area contributed by atoms with Crippen molar-refractivity contribution in [2.75, 3.05) is 6.54 Å². The van der Waals surface area contributed by atoms with Crippen molar-refractivity contribution in [2.24, 2.45) is 11.0 Å². The van der Waals surface area contributed by atoms with E-state index in [4.69, 9.17) is 5.11 Å². The van der Waals surface area contributed by atoms with Crippen LogP contribution < -0.4 is 0 Å². The van der Waals surface area contributed by atoms with Crippen LogP contribution in [0.15, 0.2) is 17.4 Å². The Morgan fingerprint density at radius 1 is 1.75 bits per heavy atom. The van der Waals surface area contributed by atoms with Gasteiger partial charge in [0.1, 0.15) is 0 Å². The fourth-order valence-corrected chi connectivity index (χ4v) is 0.531. The molecule has 0 rings (SSSR count). The lowest BCUT2D eigenvalue weighted by molar-refractivity contribution is -0.532. The van der Waals surface area contributed by atoms with Crippen LogP contribution in [0.2, 0.25) is 0 Å². The summed E-state index contributed by atoms with van der Waals surface area (Å²) in [7, 11) is 0. The van der Waals surface area contributed by atoms with Gasteiger partial charge in [-0.15, -0.1) is 0 Å². The average molecular weight is 172 g/mol. The van der Waals surface area contributed by atoms with Gasteiger partial charge >= 0.3 is 5.97 Å². The number of carbonyl (C=O) groups is 1. The van der Waals surface area contributed by atoms with Crippen LogP contribution in [0.1, 0.15) is 13.8 Å². The van der Waals surface area contributed by atoms with Crippen molar-refractivity contribution in [3.05, 3.63) is 17.5 Å². The molecular formula is C7H12N2O3. The number of nitrogens with zero attached hydrogens (tertiary/aromatic N) is 2. The molecule has 0 radical (unpaired) electrons. The highest BCUT2D eigenvalue weighted by molar-refractivity contribution is 5.84. The highest BCUT2D eigenvalue weighted by Gasteiger charge is 2.07. The van der Waals surface area contributed by atoms with Gasteiger partial charge in [0.25, 0.3) is 0 Å². The molecule has 68 valence electrons. The molecule has 0 bridgehead atoms. The fourth-order valence-electron chi connectivity index (χ4n) is 0.531. The number of hydrogen-bond acceptors (Lipinski definition) is 3. The second kappa shape index (κ2) is 4.48. The molecule has 0 aromatic heterocycles. The van der Waals surface area contributed by atoms with Crippen molar-refractivity contribution in [3.63, 3.8) is 0 Å². The molecule has 5 heteroatoms. The fraction of sp³-hybridized carbons (Fsp3) is 0.571. The monoisotopic (exact) mass is 172 g/mol. The molecule has 0 aromatic carbocycles. The lowest BCUT2D eigenvalue weighted by atomic mass is 10.2. The van der Waals surface area contributed by atoms with E-state index < -0.39 is 11.7 Å². The quantitative estimate of drug-likeness (QED) is 0.299. The third-order valence-corrected chi connectivity index (χ3v) is 1.00. The van der Waals surface area contributed by atoms with E-state index in [1.807, 2.05) is 13.8 Å². The topological polar surface area (TPSA) is 75.7 Å². The molecule has 0 amide bonds. The Labute approximate surface area is 70.6 Å². The van der Waals surface area contributed by atoms with Gasteiger partial charge < -0.3 is 10.3 Å². The Kier molecular flexibility index (Phi) is 3.96. The maximum absolute atomic E-state index is 10.8. The van der Waals surface area contributed by atoms with Crippen molar-refractivity contribution in [2.45, 2.75) is 13.8 Å². The van der Waals surface area contributed by atoms with Gasteiger partial charge in [-0.25, -0.2) is 4.79 Å². The molecule has 0 aromatic rings. The number of hydrogen-bond donors (Lipinski definition) is 1. The lowest BCUT2D eigenvalue weighted by Crippen LogP contribution is -2.10. The Bertz CT molecular complexity index is 221. The molecule has 0 aliphatic carbocycles. The maximum atomic E-state index is 10.8. The van der Waals surface area contributed by atoms with Crippen LogP contribution in [0, 0.1) is 11.1 Å². The van der Waals surface area contributed by atoms with Gasteiger partial charge in [-0.3, -0.25) is 0 Å². The number of azo groups is 1. The van der Waals surface area contributed by atoms with Crippen LogP contribution in [0.4, 0.5) is 0 Å². The Morgan fingerprint density at radius 2 is 2.25 bits per heavy atom. The van der Waals surface area contributed by atoms with Gasteiger partial charge in [-0.1, -0.05) is 25.3 Å². The predicted octanol–water partition coefficient (Wildman–Crippen LogP) is 1.20. The summed E-state index contributed by atoms with van der Waals surface area (Å²) >= 11 is 0. The first-order valence-electron chi connectivity index (χ1n) is 3.52. The lowest BCUT2D eigenvalue weighted by Gasteiger charge is -2.02. The summed E-state index contributed by atoms with van der Waals surface area (Å²) in [5.74, 6) is -1.13. The van der Waals surface area contributed by atoms with Crippen LogP contribution in [-0.4, -0.2) is 22.5 Å². The second-order valence-electron chi connectivity index (χ2n) is 2.78. The number of rotatable bonds is 4. The van der Waals surface area contributed by atoms with Gasteiger partial charge in [-0.05, 0) is 0 Å². The van der Waals surface area contributed by atoms with E-state index in [2.05, 4.69) is 11.7 Å². The normalized spacial score (nSPS) is 11.8. The predicted molar refractivity (Wildman–Crippen MR) is 42.5 cm³/mol. The molecular weight excluding hydrogens is 160 g/mol. The Morgan fingerprint density at radius 3 is 2.58 bits per heavy atom. The molecule has 0 unspecified atom stereocenters. The number of hydroxylamine groups is 1. The van der Waals surface area contributed by atoms with Crippen LogP contribution >= 0.6 is 0 Å². The maximum Gasteiger partial charge on any atom is 0.360 e. The summed E-state index contributed by atoms with van der Waals surface area (Å²) < 4.78 is 0. The first kappa shape index (κ1) is 10.6. The van der Waals surface area contributed by atoms with Crippen molar-refractivity contribution in [3.8, 4) is 0 Å². The highest BCUT2D eigenvalue weighted by atomic mass is 16.5. The van der Waals surface area contributed by atoms with Gasteiger partial charge in [0.2, 0.25) is 5.70 Å². The van der Waals surface area contributed by atoms with E-state index >= 15 is 0 Å². The van der Waals surface area contributed by atoms with Crippen LogP contribution in [0.25, 0.3) is 0 Å². The minimum absolute atomic E-state index is 0.146. The van der Waals surface area contributed by atoms with Crippen molar-refractivity contribution in [1.29, 1.82) is 0 Å². The smallest absolute Gasteiger partial charge is 0.360 e. The first-order valence-corrected chi connectivity index (χ1v) is 3.52. The minimum Gasteiger partial charge on any atom is -0.600 e. The van der Waals surface area contributed by atoms with E-state index in [1.165, 1.54) is 0 Å². The summed E-state index contributed by atoms with van der Waals surface area (Å²) in [4.78, 5) is 10.5. The summed E-state index contributed by atoms with van der Waals surface area (Å²) in [6.45, 7) is 6.94. The Hall–Kier alpha value is -1.39. The summed E-state index contributed by atoms with van der Waals surface area (Å²) in [5.41, 5.74) is -0.439. The van der Waals surface area contributed by atoms with Crippen LogP contribution in [0.3, 0.4) is 0 Å². The number of carboxylic acids is 1. The first-order chi connectivity index (χ1) is 5.43. The van der Waals surface area contributed by atoms with Gasteiger partial charge in [0.05, 0.1) is 0 Å². The van der Waals surface area contributed by atoms with E-state index in [9.17, 15) is 10.0 Å². The molecule has 0 saturated carbocycles. The Balaban J connectivity index is 4.16. The van der Waals surface area contributed by atoms with Crippen LogP contribution in [0.5, 0.6) is 0 Å². The summed E-state index contributed by atoms with van der Waals surface area (Å²) in [6, 6.07) is 0. The molecule has 0 aliphatic heterocycles. The molecule has 1 N–H and O–H groups in total. The molecule has 0 heterocycles. The van der Waals surface area contributed by atoms with Gasteiger partial charge in [0, 0.05) is 11.0 Å². The van der Waals surface area contributed by atoms with Gasteiger partial charge in [-0.2, -0.15) is 0 Å². The van der Waals surface area contributed by atoms with E-state index in [0.717, 1.165) is 0 Å². The molecule has 0 atom stereocenters. The zero-order valence-corrected chi connectivity index (χ0v) is 7.15. The zero-order valence-electron chi connectivity index (χ0n) is 7.15. The average Bonchev–Trinajstić information content (AvgIpc) is 1.84. The van der Waals surface area contributed by atoms with E-state index in [-0.39, 0.29) is 12.5 Å². The van der Waals surface area contributed by atoms with E-state index in [1.54, 1.807) is 0 Å². The largest absolute Gasteiger partial charge is 0.600 e. The number of carboxylic acid groups (broad SMARTS) is 1. The third kappa shape index (κ3) is 4.43. The third-order valence-electron chi connectivity index (χ3n) is 1.00. The zero-order chi connectivity index (χ0) is 9.72. The SMILES string of the molecule is C=C(N=[N+]([O-])CC(C)C)C(=O)O. The van der Waals surface area contributed by atoms with Gasteiger partial charge in [0.15, 0.2) is 6.54 Å². The highest BCUT2D eigenvalue weighted by Crippen LogP contribution is 1.97. The molecule has 12 heavy (non-hydrogen) atoms. The molecule has 5 nitrogen and oxygen atoms in total. The second-order valence-corrected chi connectivity index (χ2v) is 2.78. The van der Waals surface area contributed by atoms with Crippen molar-refractivity contribution < 1.29 is 14.8 Å². The standard InChI is InChI=1S/C7H12N2O3/c1-5(2)4-9(12)8-6(3)7(10)11/h5H,3-4H2,1-2H3,(H,10,11). The molecule has 0 spiro atoms. The van der Waals surface area contributed by atoms with Crippen molar-refractivity contribution >= 4 is 5.97 Å².